The van der Waals surface area contributed by atoms with Gasteiger partial charge in [0.25, 0.3) is 0 Å². The number of esters is 2. The lowest BCUT2D eigenvalue weighted by Crippen LogP contribution is -2.15. The number of thioether (sulfide) groups is 1. The maximum Gasteiger partial charge on any atom is 0.374 e. The third-order valence-corrected chi connectivity index (χ3v) is 3.46. The smallest absolute Gasteiger partial charge is 0.374 e. The number of hydrogen-bond acceptors (Lipinski definition) is 6. The average molecular weight is 310 g/mol. The first-order valence-electron chi connectivity index (χ1n) is 6.51. The first kappa shape index (κ1) is 17.1. The summed E-state index contributed by atoms with van der Waals surface area (Å²) in [6.07, 6.45) is 0. The molecule has 114 valence electrons. The molecule has 0 aromatic heterocycles. The average Bonchev–Trinajstić information content (AvgIpc) is 2.46. The lowest BCUT2D eigenvalue weighted by atomic mass is 10.2. The van der Waals surface area contributed by atoms with E-state index in [1.165, 1.54) is 0 Å². The monoisotopic (exact) mass is 310 g/mol. The largest absolute Gasteiger partial charge is 0.501 e. The second-order valence-electron chi connectivity index (χ2n) is 4.03. The van der Waals surface area contributed by atoms with E-state index in [-0.39, 0.29) is 18.1 Å². The minimum atomic E-state index is -0.944. The van der Waals surface area contributed by atoms with Crippen molar-refractivity contribution in [3.05, 3.63) is 40.5 Å². The number of rotatable bonds is 6. The first-order valence-corrected chi connectivity index (χ1v) is 7.33. The van der Waals surface area contributed by atoms with E-state index in [4.69, 9.17) is 9.47 Å². The Hall–Kier alpha value is -1.95. The summed E-state index contributed by atoms with van der Waals surface area (Å²) in [7, 11) is 0. The van der Waals surface area contributed by atoms with E-state index in [2.05, 4.69) is 0 Å². The van der Waals surface area contributed by atoms with Gasteiger partial charge in [0.2, 0.25) is 5.76 Å². The molecule has 21 heavy (non-hydrogen) atoms. The molecule has 1 aromatic carbocycles. The van der Waals surface area contributed by atoms with Gasteiger partial charge in [-0.15, -0.1) is 0 Å². The number of carbonyl (C=O) groups excluding carboxylic acids is 2. The van der Waals surface area contributed by atoms with Crippen molar-refractivity contribution in [3.8, 4) is 0 Å². The fourth-order valence-electron chi connectivity index (χ4n) is 1.40. The van der Waals surface area contributed by atoms with Crippen LogP contribution in [-0.4, -0.2) is 30.3 Å². The highest BCUT2D eigenvalue weighted by molar-refractivity contribution is 8.04. The Labute approximate surface area is 127 Å². The van der Waals surface area contributed by atoms with Gasteiger partial charge in [0, 0.05) is 4.90 Å². The van der Waals surface area contributed by atoms with Gasteiger partial charge in [-0.25, -0.2) is 9.59 Å². The Balaban J connectivity index is 3.07. The van der Waals surface area contributed by atoms with E-state index in [9.17, 15) is 14.7 Å². The van der Waals surface area contributed by atoms with Crippen molar-refractivity contribution >= 4 is 23.7 Å². The highest BCUT2D eigenvalue weighted by atomic mass is 32.2. The summed E-state index contributed by atoms with van der Waals surface area (Å²) in [4.78, 5) is 24.0. The number of aliphatic hydroxyl groups is 1. The van der Waals surface area contributed by atoms with Crippen LogP contribution in [-0.2, 0) is 19.1 Å². The van der Waals surface area contributed by atoms with Gasteiger partial charge in [-0.3, -0.25) is 0 Å². The van der Waals surface area contributed by atoms with E-state index < -0.39 is 17.7 Å². The van der Waals surface area contributed by atoms with Crippen LogP contribution < -0.4 is 0 Å². The SMILES string of the molecule is CCOC(=O)/C(O)=C(\Sc1ccc(C)cc1)C(=O)OCC. The molecule has 0 aliphatic carbocycles. The van der Waals surface area contributed by atoms with Gasteiger partial charge in [-0.05, 0) is 32.9 Å². The molecule has 1 aromatic rings. The summed E-state index contributed by atoms with van der Waals surface area (Å²) in [5, 5.41) is 9.90. The molecule has 0 saturated carbocycles. The van der Waals surface area contributed by atoms with Gasteiger partial charge in [-0.1, -0.05) is 29.5 Å². The fourth-order valence-corrected chi connectivity index (χ4v) is 2.23. The molecule has 0 radical (unpaired) electrons. The molecule has 6 heteroatoms. The van der Waals surface area contributed by atoms with Gasteiger partial charge >= 0.3 is 11.9 Å². The van der Waals surface area contributed by atoms with Crippen molar-refractivity contribution in [2.75, 3.05) is 13.2 Å². The molecule has 0 aliphatic heterocycles. The maximum atomic E-state index is 11.9. The zero-order valence-corrected chi connectivity index (χ0v) is 13.0. The summed E-state index contributed by atoms with van der Waals surface area (Å²) in [5.74, 6) is -2.44. The molecular formula is C15H18O5S. The molecule has 0 bridgehead atoms. The molecule has 0 saturated heterocycles. The molecular weight excluding hydrogens is 292 g/mol. The predicted molar refractivity (Wildman–Crippen MR) is 80.0 cm³/mol. The van der Waals surface area contributed by atoms with Gasteiger partial charge in [0.05, 0.1) is 13.2 Å². The van der Waals surface area contributed by atoms with Crippen molar-refractivity contribution in [3.63, 3.8) is 0 Å². The molecule has 5 nitrogen and oxygen atoms in total. The highest BCUT2D eigenvalue weighted by Crippen LogP contribution is 2.30. The van der Waals surface area contributed by atoms with Crippen molar-refractivity contribution in [2.24, 2.45) is 0 Å². The number of ether oxygens (including phenoxy) is 2. The van der Waals surface area contributed by atoms with Crippen LogP contribution in [0.1, 0.15) is 19.4 Å². The van der Waals surface area contributed by atoms with Crippen molar-refractivity contribution in [1.82, 2.24) is 0 Å². The third-order valence-electron chi connectivity index (χ3n) is 2.39. The molecule has 0 unspecified atom stereocenters. The molecule has 0 spiro atoms. The molecule has 0 atom stereocenters. The molecule has 0 aliphatic rings. The van der Waals surface area contributed by atoms with Crippen LogP contribution in [0.5, 0.6) is 0 Å². The molecule has 0 amide bonds. The summed E-state index contributed by atoms with van der Waals surface area (Å²) in [6, 6.07) is 7.31. The quantitative estimate of drug-likeness (QED) is 0.377. The lowest BCUT2D eigenvalue weighted by molar-refractivity contribution is -0.143. The molecule has 0 heterocycles. The minimum Gasteiger partial charge on any atom is -0.501 e. The number of aliphatic hydroxyl groups excluding tert-OH is 1. The standard InChI is InChI=1S/C15H18O5S/c1-4-19-14(17)12(16)13(15(18)20-5-2)21-11-8-6-10(3)7-9-11/h6-9,16H,4-5H2,1-3H3/b13-12+. The maximum absolute atomic E-state index is 11.9. The summed E-state index contributed by atoms with van der Waals surface area (Å²) in [5.41, 5.74) is 1.07. The summed E-state index contributed by atoms with van der Waals surface area (Å²) < 4.78 is 9.57. The van der Waals surface area contributed by atoms with Crippen LogP contribution in [0.2, 0.25) is 0 Å². The predicted octanol–water partition coefficient (Wildman–Crippen LogP) is 2.98. The van der Waals surface area contributed by atoms with E-state index >= 15 is 0 Å². The van der Waals surface area contributed by atoms with Gasteiger partial charge < -0.3 is 14.6 Å². The zero-order valence-electron chi connectivity index (χ0n) is 12.2. The topological polar surface area (TPSA) is 72.8 Å². The number of carbonyl (C=O) groups is 2. The highest BCUT2D eigenvalue weighted by Gasteiger charge is 2.24. The Morgan fingerprint density at radius 3 is 2.10 bits per heavy atom. The number of hydrogen-bond donors (Lipinski definition) is 1. The summed E-state index contributed by atoms with van der Waals surface area (Å²) in [6.45, 7) is 5.45. The fraction of sp³-hybridized carbons (Fsp3) is 0.333. The van der Waals surface area contributed by atoms with Crippen LogP contribution in [0.25, 0.3) is 0 Å². The Kier molecular flexibility index (Phi) is 6.81. The Bertz CT molecular complexity index is 533. The van der Waals surface area contributed by atoms with Crippen molar-refractivity contribution in [1.29, 1.82) is 0 Å². The normalized spacial score (nSPS) is 11.6. The second-order valence-corrected chi connectivity index (χ2v) is 5.12. The zero-order chi connectivity index (χ0) is 15.8. The Morgan fingerprint density at radius 2 is 1.57 bits per heavy atom. The van der Waals surface area contributed by atoms with E-state index in [1.807, 2.05) is 19.1 Å². The van der Waals surface area contributed by atoms with Crippen LogP contribution in [0, 0.1) is 6.92 Å². The lowest BCUT2D eigenvalue weighted by Gasteiger charge is -2.09. The second kappa shape index (κ2) is 8.36. The van der Waals surface area contributed by atoms with Crippen molar-refractivity contribution in [2.45, 2.75) is 25.7 Å². The van der Waals surface area contributed by atoms with Crippen LogP contribution in [0.15, 0.2) is 39.8 Å². The molecule has 1 N–H and O–H groups in total. The van der Waals surface area contributed by atoms with E-state index in [0.29, 0.717) is 4.90 Å². The summed E-state index contributed by atoms with van der Waals surface area (Å²) >= 11 is 0.962. The Morgan fingerprint density at radius 1 is 1.05 bits per heavy atom. The van der Waals surface area contributed by atoms with Crippen molar-refractivity contribution < 1.29 is 24.2 Å². The van der Waals surface area contributed by atoms with Crippen LogP contribution in [0.4, 0.5) is 0 Å². The van der Waals surface area contributed by atoms with E-state index in [1.54, 1.807) is 26.0 Å². The van der Waals surface area contributed by atoms with Crippen LogP contribution >= 0.6 is 11.8 Å². The van der Waals surface area contributed by atoms with Crippen LogP contribution in [0.3, 0.4) is 0 Å². The number of aryl methyl sites for hydroxylation is 1. The van der Waals surface area contributed by atoms with Gasteiger partial charge in [0.15, 0.2) is 0 Å². The molecule has 0 fully saturated rings. The first-order chi connectivity index (χ1) is 9.99. The molecule has 1 rings (SSSR count). The minimum absolute atomic E-state index is 0.105. The van der Waals surface area contributed by atoms with Gasteiger partial charge in [0.1, 0.15) is 4.91 Å². The number of benzene rings is 1. The van der Waals surface area contributed by atoms with Gasteiger partial charge in [-0.2, -0.15) is 0 Å². The third kappa shape index (κ3) is 5.15. The van der Waals surface area contributed by atoms with E-state index in [0.717, 1.165) is 17.3 Å².